The van der Waals surface area contributed by atoms with Gasteiger partial charge < -0.3 is 4.90 Å². The first kappa shape index (κ1) is 12.9. The lowest BCUT2D eigenvalue weighted by molar-refractivity contribution is 0.217. The van der Waals surface area contributed by atoms with Gasteiger partial charge >= 0.3 is 0 Å². The Hall–Kier alpha value is -1.08. The van der Waals surface area contributed by atoms with Crippen molar-refractivity contribution in [3.05, 3.63) is 42.0 Å². The van der Waals surface area contributed by atoms with Crippen LogP contribution in [-0.4, -0.2) is 24.5 Å². The summed E-state index contributed by atoms with van der Waals surface area (Å²) >= 11 is 0. The maximum Gasteiger partial charge on any atom is 0.00125 e. The summed E-state index contributed by atoms with van der Waals surface area (Å²) in [5, 5.41) is 0. The summed E-state index contributed by atoms with van der Waals surface area (Å²) < 4.78 is 0. The van der Waals surface area contributed by atoms with Crippen LogP contribution in [0.3, 0.4) is 0 Å². The molecule has 19 heavy (non-hydrogen) atoms. The van der Waals surface area contributed by atoms with Crippen LogP contribution in [-0.2, 0) is 0 Å². The average molecular weight is 255 g/mol. The van der Waals surface area contributed by atoms with Crippen molar-refractivity contribution in [1.82, 2.24) is 4.90 Å². The van der Waals surface area contributed by atoms with Gasteiger partial charge in [0.25, 0.3) is 0 Å². The lowest BCUT2D eigenvalue weighted by Gasteiger charge is -2.26. The summed E-state index contributed by atoms with van der Waals surface area (Å²) in [5.41, 5.74) is 1.33. The summed E-state index contributed by atoms with van der Waals surface area (Å²) in [5.74, 6) is 1.94. The molecule has 2 unspecified atom stereocenters. The Morgan fingerprint density at radius 3 is 2.58 bits per heavy atom. The van der Waals surface area contributed by atoms with Gasteiger partial charge in [0.15, 0.2) is 0 Å². The van der Waals surface area contributed by atoms with Crippen LogP contribution < -0.4 is 0 Å². The van der Waals surface area contributed by atoms with E-state index in [9.17, 15) is 0 Å². The molecule has 1 aliphatic heterocycles. The molecule has 1 aromatic carbocycles. The summed E-state index contributed by atoms with van der Waals surface area (Å²) in [7, 11) is 0. The number of hydrogen-bond acceptors (Lipinski definition) is 1. The van der Waals surface area contributed by atoms with Gasteiger partial charge in [0.1, 0.15) is 0 Å². The second-order valence-electron chi connectivity index (χ2n) is 6.17. The third-order valence-electron chi connectivity index (χ3n) is 4.56. The molecule has 1 heteroatoms. The van der Waals surface area contributed by atoms with Gasteiger partial charge in [-0.2, -0.15) is 0 Å². The van der Waals surface area contributed by atoms with Gasteiger partial charge in [-0.15, -0.1) is 0 Å². The zero-order valence-corrected chi connectivity index (χ0v) is 11.8. The van der Waals surface area contributed by atoms with Crippen LogP contribution in [0.5, 0.6) is 0 Å². The van der Waals surface area contributed by atoms with Crippen molar-refractivity contribution in [2.75, 3.05) is 19.6 Å². The van der Waals surface area contributed by atoms with E-state index in [-0.39, 0.29) is 0 Å². The molecule has 3 rings (SSSR count). The fourth-order valence-corrected chi connectivity index (χ4v) is 3.24. The monoisotopic (exact) mass is 255 g/mol. The Labute approximate surface area is 117 Å². The third kappa shape index (κ3) is 3.94. The number of rotatable bonds is 5. The molecular formula is C18H25N. The summed E-state index contributed by atoms with van der Waals surface area (Å²) in [6.45, 7) is 4.07. The molecule has 1 aliphatic carbocycles. The summed E-state index contributed by atoms with van der Waals surface area (Å²) in [4.78, 5) is 2.69. The summed E-state index contributed by atoms with van der Waals surface area (Å²) in [6.07, 6.45) is 11.7. The van der Waals surface area contributed by atoms with Crippen molar-refractivity contribution in [3.63, 3.8) is 0 Å². The highest BCUT2D eigenvalue weighted by atomic mass is 15.1. The van der Waals surface area contributed by atoms with E-state index in [1.54, 1.807) is 0 Å². The molecule has 0 radical (unpaired) electrons. The Balaban J connectivity index is 1.37. The lowest BCUT2D eigenvalue weighted by Crippen LogP contribution is -2.31. The minimum absolute atomic E-state index is 0.960. The van der Waals surface area contributed by atoms with Crippen molar-refractivity contribution in [1.29, 1.82) is 0 Å². The van der Waals surface area contributed by atoms with Crippen LogP contribution in [0.2, 0.25) is 0 Å². The largest absolute Gasteiger partial charge is 0.303 e. The fraction of sp³-hybridized carbons (Fsp3) is 0.556. The van der Waals surface area contributed by atoms with E-state index in [0.717, 1.165) is 11.8 Å². The van der Waals surface area contributed by atoms with E-state index < -0.39 is 0 Å². The first-order chi connectivity index (χ1) is 9.42. The van der Waals surface area contributed by atoms with Crippen molar-refractivity contribution in [2.45, 2.75) is 32.1 Å². The predicted octanol–water partition coefficient (Wildman–Crippen LogP) is 4.21. The molecule has 2 atom stereocenters. The van der Waals surface area contributed by atoms with Gasteiger partial charge in [0, 0.05) is 6.54 Å². The van der Waals surface area contributed by atoms with Crippen LogP contribution >= 0.6 is 0 Å². The molecule has 1 heterocycles. The molecule has 0 amide bonds. The first-order valence-electron chi connectivity index (χ1n) is 7.86. The molecular weight excluding hydrogens is 230 g/mol. The molecule has 1 saturated carbocycles. The average Bonchev–Trinajstić information content (AvgIpc) is 3.19. The molecule has 0 bridgehead atoms. The van der Waals surface area contributed by atoms with Gasteiger partial charge in [0.05, 0.1) is 0 Å². The van der Waals surface area contributed by atoms with E-state index in [1.807, 2.05) is 0 Å². The Kier molecular flexibility index (Phi) is 4.34. The van der Waals surface area contributed by atoms with Crippen LogP contribution in [0.1, 0.15) is 37.7 Å². The maximum atomic E-state index is 2.69. The minimum atomic E-state index is 0.960. The predicted molar refractivity (Wildman–Crippen MR) is 82.0 cm³/mol. The molecule has 0 N–H and O–H groups in total. The quantitative estimate of drug-likeness (QED) is 0.761. The molecule has 0 spiro atoms. The number of piperidine rings is 1. The van der Waals surface area contributed by atoms with Gasteiger partial charge in [0.2, 0.25) is 0 Å². The topological polar surface area (TPSA) is 3.24 Å². The highest BCUT2D eigenvalue weighted by Crippen LogP contribution is 2.42. The fourth-order valence-electron chi connectivity index (χ4n) is 3.24. The SMILES string of the molecule is C(=Cc1ccccc1)CC1CC1CN1CCCCC1. The highest BCUT2D eigenvalue weighted by Gasteiger charge is 2.36. The Morgan fingerprint density at radius 2 is 1.79 bits per heavy atom. The smallest absolute Gasteiger partial charge is 0.00125 e. The van der Waals surface area contributed by atoms with Gasteiger partial charge in [-0.25, -0.2) is 0 Å². The second kappa shape index (κ2) is 6.38. The number of likely N-dealkylation sites (tertiary alicyclic amines) is 1. The zero-order chi connectivity index (χ0) is 12.9. The van der Waals surface area contributed by atoms with Crippen molar-refractivity contribution < 1.29 is 0 Å². The maximum absolute atomic E-state index is 2.69. The van der Waals surface area contributed by atoms with Crippen molar-refractivity contribution in [2.24, 2.45) is 11.8 Å². The first-order valence-corrected chi connectivity index (χ1v) is 7.86. The Morgan fingerprint density at radius 1 is 1.00 bits per heavy atom. The van der Waals surface area contributed by atoms with Gasteiger partial charge in [-0.1, -0.05) is 48.9 Å². The van der Waals surface area contributed by atoms with Gasteiger partial charge in [-0.05, 0) is 56.2 Å². The van der Waals surface area contributed by atoms with Crippen molar-refractivity contribution in [3.8, 4) is 0 Å². The molecule has 2 fully saturated rings. The molecule has 102 valence electrons. The molecule has 1 saturated heterocycles. The van der Waals surface area contributed by atoms with E-state index in [4.69, 9.17) is 0 Å². The van der Waals surface area contributed by atoms with Crippen LogP contribution in [0.15, 0.2) is 36.4 Å². The normalized spacial score (nSPS) is 27.8. The van der Waals surface area contributed by atoms with E-state index in [2.05, 4.69) is 47.4 Å². The van der Waals surface area contributed by atoms with Crippen LogP contribution in [0.25, 0.3) is 6.08 Å². The number of allylic oxidation sites excluding steroid dienone is 1. The molecule has 1 nitrogen and oxygen atoms in total. The second-order valence-corrected chi connectivity index (χ2v) is 6.17. The molecule has 2 aliphatic rings. The lowest BCUT2D eigenvalue weighted by atomic mass is 10.1. The van der Waals surface area contributed by atoms with Crippen LogP contribution in [0.4, 0.5) is 0 Å². The van der Waals surface area contributed by atoms with E-state index in [1.165, 1.54) is 57.3 Å². The standard InChI is InChI=1S/C18H25N/c1-3-8-16(9-4-1)10-7-11-17-14-18(17)15-19-12-5-2-6-13-19/h1,3-4,7-10,17-18H,2,5-6,11-15H2. The minimum Gasteiger partial charge on any atom is -0.303 e. The van der Waals surface area contributed by atoms with Gasteiger partial charge in [-0.3, -0.25) is 0 Å². The number of hydrogen-bond donors (Lipinski definition) is 0. The zero-order valence-electron chi connectivity index (χ0n) is 11.8. The highest BCUT2D eigenvalue weighted by molar-refractivity contribution is 5.48. The molecule has 1 aromatic rings. The number of nitrogens with zero attached hydrogens (tertiary/aromatic N) is 1. The van der Waals surface area contributed by atoms with Crippen LogP contribution in [0, 0.1) is 11.8 Å². The van der Waals surface area contributed by atoms with E-state index >= 15 is 0 Å². The third-order valence-corrected chi connectivity index (χ3v) is 4.56. The number of benzene rings is 1. The summed E-state index contributed by atoms with van der Waals surface area (Å²) in [6, 6.07) is 10.6. The Bertz CT molecular complexity index is 403. The van der Waals surface area contributed by atoms with Crippen molar-refractivity contribution >= 4 is 6.08 Å². The van der Waals surface area contributed by atoms with E-state index in [0.29, 0.717) is 0 Å². The molecule has 0 aromatic heterocycles.